The van der Waals surface area contributed by atoms with Gasteiger partial charge < -0.3 is 9.72 Å². The lowest BCUT2D eigenvalue weighted by molar-refractivity contribution is 0.0601. The highest BCUT2D eigenvalue weighted by atomic mass is 16.5. The number of carbonyl (C=O) groups is 1. The third-order valence-corrected chi connectivity index (χ3v) is 4.58. The van der Waals surface area contributed by atoms with Gasteiger partial charge in [0.1, 0.15) is 0 Å². The molecule has 0 fully saturated rings. The van der Waals surface area contributed by atoms with E-state index < -0.39 is 0 Å². The number of H-pyrrole nitrogens is 1. The van der Waals surface area contributed by atoms with E-state index in [1.807, 2.05) is 54.6 Å². The molecule has 27 heavy (non-hydrogen) atoms. The standard InChI is InChI=1S/C22H18N2O3/c1-27-22(25)16-9-12-19-18(13-16)20(14-5-3-2-4-6-14)21(23-19)15-7-10-17(24-26)11-8-15/h2-13,23-24,26H,1H3. The zero-order valence-electron chi connectivity index (χ0n) is 14.7. The van der Waals surface area contributed by atoms with Crippen LogP contribution in [0.25, 0.3) is 33.3 Å². The summed E-state index contributed by atoms with van der Waals surface area (Å²) in [5, 5.41) is 10.00. The monoisotopic (exact) mass is 358 g/mol. The summed E-state index contributed by atoms with van der Waals surface area (Å²) in [7, 11) is 1.38. The van der Waals surface area contributed by atoms with Crippen LogP contribution in [-0.2, 0) is 4.74 Å². The van der Waals surface area contributed by atoms with Gasteiger partial charge >= 0.3 is 5.97 Å². The van der Waals surface area contributed by atoms with Crippen LogP contribution >= 0.6 is 0 Å². The Morgan fingerprint density at radius 1 is 0.963 bits per heavy atom. The summed E-state index contributed by atoms with van der Waals surface area (Å²) in [5.41, 5.74) is 8.18. The topological polar surface area (TPSA) is 74.4 Å². The van der Waals surface area contributed by atoms with Gasteiger partial charge in [0.2, 0.25) is 0 Å². The Hall–Kier alpha value is -3.57. The lowest BCUT2D eigenvalue weighted by Gasteiger charge is -2.07. The molecule has 3 N–H and O–H groups in total. The first-order chi connectivity index (χ1) is 13.2. The third-order valence-electron chi connectivity index (χ3n) is 4.58. The predicted molar refractivity (Wildman–Crippen MR) is 106 cm³/mol. The van der Waals surface area contributed by atoms with Gasteiger partial charge in [-0.05, 0) is 41.5 Å². The summed E-state index contributed by atoms with van der Waals surface area (Å²) < 4.78 is 4.87. The number of ether oxygens (including phenoxy) is 1. The van der Waals surface area contributed by atoms with Gasteiger partial charge in [0.05, 0.1) is 24.1 Å². The molecule has 5 nitrogen and oxygen atoms in total. The average molecular weight is 358 g/mol. The number of aromatic amines is 1. The number of benzene rings is 3. The Morgan fingerprint density at radius 2 is 1.70 bits per heavy atom. The largest absolute Gasteiger partial charge is 0.465 e. The lowest BCUT2D eigenvalue weighted by atomic mass is 9.97. The summed E-state index contributed by atoms with van der Waals surface area (Å²) in [5.74, 6) is -0.364. The van der Waals surface area contributed by atoms with Crippen molar-refractivity contribution in [2.75, 3.05) is 12.6 Å². The van der Waals surface area contributed by atoms with Crippen molar-refractivity contribution < 1.29 is 14.7 Å². The maximum Gasteiger partial charge on any atom is 0.337 e. The summed E-state index contributed by atoms with van der Waals surface area (Å²) in [6.45, 7) is 0. The molecule has 3 aromatic carbocycles. The molecule has 5 heteroatoms. The molecule has 0 radical (unpaired) electrons. The fourth-order valence-electron chi connectivity index (χ4n) is 3.27. The van der Waals surface area contributed by atoms with Crippen LogP contribution in [0.3, 0.4) is 0 Å². The first-order valence-electron chi connectivity index (χ1n) is 8.51. The van der Waals surface area contributed by atoms with Crippen molar-refractivity contribution in [1.82, 2.24) is 4.98 Å². The molecule has 134 valence electrons. The molecule has 0 aliphatic carbocycles. The quantitative estimate of drug-likeness (QED) is 0.351. The van der Waals surface area contributed by atoms with Gasteiger partial charge in [-0.15, -0.1) is 0 Å². The van der Waals surface area contributed by atoms with Gasteiger partial charge in [-0.25, -0.2) is 4.79 Å². The van der Waals surface area contributed by atoms with Crippen molar-refractivity contribution in [1.29, 1.82) is 0 Å². The van der Waals surface area contributed by atoms with Gasteiger partial charge in [0.25, 0.3) is 0 Å². The van der Waals surface area contributed by atoms with E-state index in [1.54, 1.807) is 18.2 Å². The molecule has 0 aliphatic rings. The smallest absolute Gasteiger partial charge is 0.337 e. The molecule has 0 aliphatic heterocycles. The predicted octanol–water partition coefficient (Wildman–Crippen LogP) is 5.09. The average Bonchev–Trinajstić information content (AvgIpc) is 3.12. The SMILES string of the molecule is COC(=O)c1ccc2[nH]c(-c3ccc(NO)cc3)c(-c3ccccc3)c2c1. The minimum atomic E-state index is -0.364. The Kier molecular flexibility index (Phi) is 4.36. The van der Waals surface area contributed by atoms with Crippen LogP contribution in [0.5, 0.6) is 0 Å². The second-order valence-electron chi connectivity index (χ2n) is 6.18. The zero-order chi connectivity index (χ0) is 18.8. The van der Waals surface area contributed by atoms with E-state index in [-0.39, 0.29) is 5.97 Å². The molecule has 0 amide bonds. The van der Waals surface area contributed by atoms with E-state index in [2.05, 4.69) is 10.5 Å². The minimum absolute atomic E-state index is 0.364. The van der Waals surface area contributed by atoms with Crippen molar-refractivity contribution in [3.05, 3.63) is 78.4 Å². The highest BCUT2D eigenvalue weighted by molar-refractivity contribution is 6.06. The fourth-order valence-corrected chi connectivity index (χ4v) is 3.27. The van der Waals surface area contributed by atoms with E-state index in [0.717, 1.165) is 33.3 Å². The number of hydrogen-bond donors (Lipinski definition) is 3. The molecule has 1 aromatic heterocycles. The minimum Gasteiger partial charge on any atom is -0.465 e. The van der Waals surface area contributed by atoms with E-state index >= 15 is 0 Å². The third kappa shape index (κ3) is 3.05. The van der Waals surface area contributed by atoms with Gasteiger partial charge in [-0.2, -0.15) is 0 Å². The first kappa shape index (κ1) is 16.9. The second-order valence-corrected chi connectivity index (χ2v) is 6.18. The van der Waals surface area contributed by atoms with Gasteiger partial charge in [0.15, 0.2) is 0 Å². The van der Waals surface area contributed by atoms with Crippen LogP contribution in [0.1, 0.15) is 10.4 Å². The van der Waals surface area contributed by atoms with Gasteiger partial charge in [-0.3, -0.25) is 10.7 Å². The molecule has 0 saturated carbocycles. The first-order valence-corrected chi connectivity index (χ1v) is 8.51. The van der Waals surface area contributed by atoms with Crippen molar-refractivity contribution in [2.24, 2.45) is 0 Å². The van der Waals surface area contributed by atoms with Crippen molar-refractivity contribution >= 4 is 22.6 Å². The molecule has 0 unspecified atom stereocenters. The Bertz CT molecular complexity index is 1100. The summed E-state index contributed by atoms with van der Waals surface area (Å²) >= 11 is 0. The zero-order valence-corrected chi connectivity index (χ0v) is 14.7. The number of esters is 1. The van der Waals surface area contributed by atoms with E-state index in [1.165, 1.54) is 7.11 Å². The highest BCUT2D eigenvalue weighted by Gasteiger charge is 2.17. The molecular weight excluding hydrogens is 340 g/mol. The second kappa shape index (κ2) is 6.97. The number of aromatic nitrogens is 1. The summed E-state index contributed by atoms with van der Waals surface area (Å²) in [6.07, 6.45) is 0. The number of rotatable bonds is 4. The molecule has 0 atom stereocenters. The van der Waals surface area contributed by atoms with Crippen LogP contribution in [0, 0.1) is 0 Å². The maximum absolute atomic E-state index is 12.0. The summed E-state index contributed by atoms with van der Waals surface area (Å²) in [4.78, 5) is 15.5. The van der Waals surface area contributed by atoms with E-state index in [4.69, 9.17) is 9.94 Å². The number of fused-ring (bicyclic) bond motifs is 1. The van der Waals surface area contributed by atoms with Crippen LogP contribution < -0.4 is 5.48 Å². The van der Waals surface area contributed by atoms with Crippen LogP contribution in [-0.4, -0.2) is 23.3 Å². The van der Waals surface area contributed by atoms with E-state index in [9.17, 15) is 4.79 Å². The molecule has 0 bridgehead atoms. The number of anilines is 1. The number of carbonyl (C=O) groups excluding carboxylic acids is 1. The normalized spacial score (nSPS) is 10.7. The van der Waals surface area contributed by atoms with Gasteiger partial charge in [0, 0.05) is 16.5 Å². The molecule has 4 aromatic rings. The van der Waals surface area contributed by atoms with E-state index in [0.29, 0.717) is 11.3 Å². The molecule has 4 rings (SSSR count). The van der Waals surface area contributed by atoms with Crippen molar-refractivity contribution in [3.63, 3.8) is 0 Å². The fraction of sp³-hybridized carbons (Fsp3) is 0.0455. The molecule has 0 saturated heterocycles. The van der Waals surface area contributed by atoms with Crippen LogP contribution in [0.4, 0.5) is 5.69 Å². The van der Waals surface area contributed by atoms with Crippen molar-refractivity contribution in [3.8, 4) is 22.4 Å². The van der Waals surface area contributed by atoms with Crippen molar-refractivity contribution in [2.45, 2.75) is 0 Å². The van der Waals surface area contributed by atoms with Crippen LogP contribution in [0.15, 0.2) is 72.8 Å². The number of nitrogens with one attached hydrogen (secondary N) is 2. The summed E-state index contributed by atoms with van der Waals surface area (Å²) in [6, 6.07) is 23.0. The number of hydrogen-bond acceptors (Lipinski definition) is 4. The number of methoxy groups -OCH3 is 1. The Morgan fingerprint density at radius 3 is 2.37 bits per heavy atom. The Balaban J connectivity index is 1.98. The molecular formula is C22H18N2O3. The van der Waals surface area contributed by atoms with Crippen LogP contribution in [0.2, 0.25) is 0 Å². The maximum atomic E-state index is 12.0. The van der Waals surface area contributed by atoms with Gasteiger partial charge in [-0.1, -0.05) is 42.5 Å². The lowest BCUT2D eigenvalue weighted by Crippen LogP contribution is -2.00. The Labute approximate surface area is 156 Å². The molecule has 0 spiro atoms. The highest BCUT2D eigenvalue weighted by Crippen LogP contribution is 2.39. The molecule has 1 heterocycles.